The lowest BCUT2D eigenvalue weighted by molar-refractivity contribution is 0.0977. The number of amides is 1. The Labute approximate surface area is 210 Å². The summed E-state index contributed by atoms with van der Waals surface area (Å²) in [7, 11) is 0. The summed E-state index contributed by atoms with van der Waals surface area (Å²) in [6, 6.07) is 19.0. The molecule has 1 amide bonds. The van der Waals surface area contributed by atoms with Gasteiger partial charge in [-0.15, -0.1) is 10.2 Å². The van der Waals surface area contributed by atoms with E-state index >= 15 is 0 Å². The summed E-state index contributed by atoms with van der Waals surface area (Å²) in [5, 5.41) is 15.3. The molecule has 0 spiro atoms. The first-order valence-corrected chi connectivity index (χ1v) is 12.2. The molecule has 35 heavy (non-hydrogen) atoms. The van der Waals surface area contributed by atoms with Crippen LogP contribution in [0.25, 0.3) is 16.7 Å². The minimum Gasteiger partial charge on any atom is -0.494 e. The first kappa shape index (κ1) is 24.3. The molecule has 0 fully saturated rings. The molecular weight excluding hydrogens is 458 g/mol. The van der Waals surface area contributed by atoms with Crippen molar-refractivity contribution >= 4 is 40.0 Å². The van der Waals surface area contributed by atoms with Gasteiger partial charge in [-0.3, -0.25) is 10.1 Å². The Kier molecular flexibility index (Phi) is 7.72. The predicted octanol–water partition coefficient (Wildman–Crippen LogP) is 5.60. The van der Waals surface area contributed by atoms with Gasteiger partial charge in [-0.05, 0) is 91.6 Å². The third-order valence-corrected chi connectivity index (χ3v) is 5.86. The number of nitrogens with zero attached hydrogens (tertiary/aromatic N) is 3. The van der Waals surface area contributed by atoms with Crippen molar-refractivity contribution in [2.24, 2.45) is 0 Å². The normalized spacial score (nSPS) is 10.8. The number of rotatable bonds is 8. The van der Waals surface area contributed by atoms with Crippen LogP contribution in [0.4, 0.5) is 5.69 Å². The maximum absolute atomic E-state index is 12.6. The largest absolute Gasteiger partial charge is 0.494 e. The lowest BCUT2D eigenvalue weighted by Crippen LogP contribution is -2.34. The molecule has 1 heterocycles. The monoisotopic (exact) mass is 487 g/mol. The molecule has 2 N–H and O–H groups in total. The van der Waals surface area contributed by atoms with Gasteiger partial charge >= 0.3 is 0 Å². The van der Waals surface area contributed by atoms with Crippen LogP contribution < -0.4 is 15.4 Å². The van der Waals surface area contributed by atoms with Crippen LogP contribution in [-0.4, -0.2) is 32.6 Å². The molecule has 0 atom stereocenters. The van der Waals surface area contributed by atoms with Crippen LogP contribution in [0.15, 0.2) is 60.7 Å². The summed E-state index contributed by atoms with van der Waals surface area (Å²) in [6.45, 7) is 6.86. The van der Waals surface area contributed by atoms with E-state index in [4.69, 9.17) is 17.0 Å². The second kappa shape index (κ2) is 11.1. The number of thiocarbonyl (C=S) groups is 1. The Morgan fingerprint density at radius 3 is 2.34 bits per heavy atom. The van der Waals surface area contributed by atoms with Crippen molar-refractivity contribution < 1.29 is 9.53 Å². The fraction of sp³-hybridized carbons (Fsp3) is 0.259. The van der Waals surface area contributed by atoms with Crippen LogP contribution >= 0.6 is 12.2 Å². The summed E-state index contributed by atoms with van der Waals surface area (Å²) >= 11 is 5.39. The zero-order valence-electron chi connectivity index (χ0n) is 20.2. The highest BCUT2D eigenvalue weighted by atomic mass is 32.1. The van der Waals surface area contributed by atoms with Gasteiger partial charge in [-0.1, -0.05) is 32.4 Å². The number of hydrogen-bond donors (Lipinski definition) is 2. The molecule has 1 aromatic heterocycles. The number of anilines is 1. The van der Waals surface area contributed by atoms with E-state index < -0.39 is 0 Å². The quantitative estimate of drug-likeness (QED) is 0.249. The Morgan fingerprint density at radius 1 is 1.00 bits per heavy atom. The maximum atomic E-state index is 12.6. The van der Waals surface area contributed by atoms with Crippen molar-refractivity contribution in [3.05, 3.63) is 77.4 Å². The van der Waals surface area contributed by atoms with E-state index in [1.165, 1.54) is 5.56 Å². The number of benzene rings is 3. The van der Waals surface area contributed by atoms with Gasteiger partial charge < -0.3 is 10.1 Å². The molecule has 0 bridgehead atoms. The van der Waals surface area contributed by atoms with E-state index in [0.29, 0.717) is 12.2 Å². The molecule has 0 saturated heterocycles. The maximum Gasteiger partial charge on any atom is 0.257 e. The van der Waals surface area contributed by atoms with Crippen LogP contribution in [0, 0.1) is 6.92 Å². The summed E-state index contributed by atoms with van der Waals surface area (Å²) in [6.07, 6.45) is 3.05. The molecule has 0 radical (unpaired) electrons. The Hall–Kier alpha value is -3.78. The predicted molar refractivity (Wildman–Crippen MR) is 144 cm³/mol. The van der Waals surface area contributed by atoms with E-state index in [2.05, 4.69) is 46.8 Å². The first-order chi connectivity index (χ1) is 17.0. The highest BCUT2D eigenvalue weighted by Gasteiger charge is 2.12. The highest BCUT2D eigenvalue weighted by Crippen LogP contribution is 2.22. The molecule has 7 nitrogen and oxygen atoms in total. The molecule has 0 unspecified atom stereocenters. The topological polar surface area (TPSA) is 81.1 Å². The van der Waals surface area contributed by atoms with Gasteiger partial charge in [0.15, 0.2) is 5.11 Å². The number of unbranched alkanes of at least 4 members (excludes halogenated alkanes) is 1. The van der Waals surface area contributed by atoms with E-state index in [1.807, 2.05) is 31.2 Å². The third-order valence-electron chi connectivity index (χ3n) is 5.66. The molecule has 0 aliphatic heterocycles. The lowest BCUT2D eigenvalue weighted by atomic mass is 10.2. The van der Waals surface area contributed by atoms with E-state index in [-0.39, 0.29) is 11.0 Å². The van der Waals surface area contributed by atoms with Crippen molar-refractivity contribution in [3.8, 4) is 11.4 Å². The SMILES string of the molecule is CCCCOc1ccc(C(=O)NC(=S)Nc2cc3nn(-c4ccc(CC)cc4)nc3cc2C)cc1. The number of nitrogens with one attached hydrogen (secondary N) is 2. The molecular formula is C27H29N5O2S. The standard InChI is InChI=1S/C27H29N5O2S/c1-4-6-15-34-22-13-9-20(10-14-22)26(33)29-27(35)28-23-17-25-24(16-18(23)3)30-32(31-25)21-11-7-19(5-2)8-12-21/h7-14,16-17H,4-6,15H2,1-3H3,(H2,28,29,33,35). The molecule has 0 aliphatic carbocycles. The van der Waals surface area contributed by atoms with Crippen molar-refractivity contribution in [3.63, 3.8) is 0 Å². The van der Waals surface area contributed by atoms with Crippen molar-refractivity contribution in [1.29, 1.82) is 0 Å². The van der Waals surface area contributed by atoms with E-state index in [0.717, 1.165) is 53.0 Å². The Balaban J connectivity index is 1.42. The number of aromatic nitrogens is 3. The van der Waals surface area contributed by atoms with Crippen molar-refractivity contribution in [2.45, 2.75) is 40.0 Å². The number of carbonyl (C=O) groups is 1. The van der Waals surface area contributed by atoms with Gasteiger partial charge in [0, 0.05) is 11.3 Å². The number of carbonyl (C=O) groups excluding carboxylic acids is 1. The minimum atomic E-state index is -0.289. The van der Waals surface area contributed by atoms with Gasteiger partial charge in [0.1, 0.15) is 16.8 Å². The summed E-state index contributed by atoms with van der Waals surface area (Å²) < 4.78 is 5.65. The summed E-state index contributed by atoms with van der Waals surface area (Å²) in [5.74, 6) is 0.455. The van der Waals surface area contributed by atoms with Crippen LogP contribution in [-0.2, 0) is 6.42 Å². The minimum absolute atomic E-state index is 0.211. The van der Waals surface area contributed by atoms with Crippen molar-refractivity contribution in [2.75, 3.05) is 11.9 Å². The first-order valence-electron chi connectivity index (χ1n) is 11.8. The zero-order chi connectivity index (χ0) is 24.8. The number of aryl methyl sites for hydroxylation is 2. The zero-order valence-corrected chi connectivity index (χ0v) is 21.0. The summed E-state index contributed by atoms with van der Waals surface area (Å²) in [4.78, 5) is 14.2. The van der Waals surface area contributed by atoms with E-state index in [9.17, 15) is 4.79 Å². The van der Waals surface area contributed by atoms with Gasteiger partial charge in [0.25, 0.3) is 5.91 Å². The molecule has 4 rings (SSSR count). The number of ether oxygens (including phenoxy) is 1. The fourth-order valence-electron chi connectivity index (χ4n) is 3.55. The van der Waals surface area contributed by atoms with Gasteiger partial charge in [0.05, 0.1) is 12.3 Å². The third kappa shape index (κ3) is 6.02. The van der Waals surface area contributed by atoms with Gasteiger partial charge in [-0.25, -0.2) is 0 Å². The molecule has 0 saturated carbocycles. The molecule has 3 aromatic carbocycles. The Morgan fingerprint density at radius 2 is 1.69 bits per heavy atom. The van der Waals surface area contributed by atoms with Gasteiger partial charge in [0.2, 0.25) is 0 Å². The number of fused-ring (bicyclic) bond motifs is 1. The average Bonchev–Trinajstić information content (AvgIpc) is 3.27. The molecule has 180 valence electrons. The van der Waals surface area contributed by atoms with Crippen LogP contribution in [0.2, 0.25) is 0 Å². The van der Waals surface area contributed by atoms with Gasteiger partial charge in [-0.2, -0.15) is 4.80 Å². The molecule has 4 aromatic rings. The highest BCUT2D eigenvalue weighted by molar-refractivity contribution is 7.80. The lowest BCUT2D eigenvalue weighted by Gasteiger charge is -2.12. The fourth-order valence-corrected chi connectivity index (χ4v) is 3.75. The second-order valence-electron chi connectivity index (χ2n) is 8.30. The average molecular weight is 488 g/mol. The van der Waals surface area contributed by atoms with Crippen LogP contribution in [0.5, 0.6) is 5.75 Å². The second-order valence-corrected chi connectivity index (χ2v) is 8.71. The van der Waals surface area contributed by atoms with Crippen LogP contribution in [0.3, 0.4) is 0 Å². The Bertz CT molecular complexity index is 1330. The summed E-state index contributed by atoms with van der Waals surface area (Å²) in [5.41, 5.74) is 5.87. The van der Waals surface area contributed by atoms with Crippen molar-refractivity contribution in [1.82, 2.24) is 20.3 Å². The molecule has 8 heteroatoms. The smallest absolute Gasteiger partial charge is 0.257 e. The van der Waals surface area contributed by atoms with Crippen LogP contribution in [0.1, 0.15) is 48.2 Å². The number of hydrogen-bond acceptors (Lipinski definition) is 5. The molecule has 0 aliphatic rings. The van der Waals surface area contributed by atoms with E-state index in [1.54, 1.807) is 29.1 Å².